The molecule has 1 unspecified atom stereocenters. The molecule has 1 atom stereocenters. The molecule has 0 aliphatic heterocycles. The molecule has 0 aliphatic rings. The van der Waals surface area contributed by atoms with Crippen LogP contribution in [0.4, 0.5) is 0 Å². The lowest BCUT2D eigenvalue weighted by Gasteiger charge is -2.18. The second-order valence-electron chi connectivity index (χ2n) is 13.4. The summed E-state index contributed by atoms with van der Waals surface area (Å²) in [4.78, 5) is 23.3. The molecule has 0 radical (unpaired) electrons. The predicted octanol–water partition coefficient (Wildman–Crippen LogP) is 14.0. The average Bonchev–Trinajstić information content (AvgIpc) is 3.05. The first-order valence-corrected chi connectivity index (χ1v) is 20.1. The normalized spacial score (nSPS) is 12.7. The molecular formula is C43H76O4. The van der Waals surface area contributed by atoms with Crippen LogP contribution in [-0.2, 0) is 14.3 Å². The van der Waals surface area contributed by atoms with Gasteiger partial charge >= 0.3 is 11.9 Å². The molecule has 0 amide bonds. The first kappa shape index (κ1) is 44.9. The zero-order chi connectivity index (χ0) is 34.3. The molecule has 47 heavy (non-hydrogen) atoms. The van der Waals surface area contributed by atoms with E-state index in [-0.39, 0.29) is 18.5 Å². The van der Waals surface area contributed by atoms with Crippen molar-refractivity contribution in [2.24, 2.45) is 0 Å². The summed E-state index contributed by atoms with van der Waals surface area (Å²) in [6, 6.07) is 0. The van der Waals surface area contributed by atoms with Crippen LogP contribution < -0.4 is 0 Å². The van der Waals surface area contributed by atoms with Gasteiger partial charge in [-0.15, -0.1) is 0 Å². The molecule has 4 nitrogen and oxygen atoms in total. The average molecular weight is 657 g/mol. The van der Waals surface area contributed by atoms with E-state index < -0.39 is 5.97 Å². The van der Waals surface area contributed by atoms with Gasteiger partial charge in [-0.2, -0.15) is 0 Å². The van der Waals surface area contributed by atoms with Crippen molar-refractivity contribution in [2.45, 2.75) is 213 Å². The van der Waals surface area contributed by atoms with E-state index in [4.69, 9.17) is 9.84 Å². The fourth-order valence-corrected chi connectivity index (χ4v) is 5.90. The van der Waals surface area contributed by atoms with Crippen LogP contribution in [0.2, 0.25) is 0 Å². The molecule has 272 valence electrons. The Morgan fingerprint density at radius 1 is 0.489 bits per heavy atom. The molecule has 0 fully saturated rings. The van der Waals surface area contributed by atoms with Crippen LogP contribution in [0.3, 0.4) is 0 Å². The zero-order valence-electron chi connectivity index (χ0n) is 31.1. The molecule has 0 rings (SSSR count). The van der Waals surface area contributed by atoms with Gasteiger partial charge < -0.3 is 9.84 Å². The number of carbonyl (C=O) groups excluding carboxylic acids is 1. The summed E-state index contributed by atoms with van der Waals surface area (Å²) in [5, 5.41) is 8.82. The Labute approximate surface area is 292 Å². The lowest BCUT2D eigenvalue weighted by atomic mass is 10.0. The molecule has 0 aromatic rings. The van der Waals surface area contributed by atoms with Crippen LogP contribution in [-0.4, -0.2) is 23.1 Å². The summed E-state index contributed by atoms with van der Waals surface area (Å²) in [6.45, 7) is 4.44. The topological polar surface area (TPSA) is 63.6 Å². The second kappa shape index (κ2) is 38.3. The molecule has 0 spiro atoms. The Balaban J connectivity index is 4.13. The van der Waals surface area contributed by atoms with E-state index in [1.165, 1.54) is 96.3 Å². The Hall–Kier alpha value is -2.10. The number of allylic oxidation sites excluding steroid dienone is 8. The molecule has 0 aromatic heterocycles. The summed E-state index contributed by atoms with van der Waals surface area (Å²) in [5.41, 5.74) is 0. The maximum absolute atomic E-state index is 12.6. The second-order valence-corrected chi connectivity index (χ2v) is 13.4. The minimum atomic E-state index is -0.707. The standard InChI is InChI=1S/C43H76O4/c1-3-5-7-9-11-13-15-17-18-19-21-22-24-26-29-33-37-41(38-34-30-28-31-35-39-42(44)45)47-43(46)40-36-32-27-25-23-20-16-14-12-10-8-6-4-2/h6,8,12,14,20,23,27,32,41H,3-5,7,9-11,13,15-19,21-22,24-26,28-31,33-40H2,1-2H3,(H,44,45)/b8-6-,14-12-,23-20-,32-27-. The third kappa shape index (κ3) is 38.2. The van der Waals surface area contributed by atoms with Crippen LogP contribution >= 0.6 is 0 Å². The van der Waals surface area contributed by atoms with E-state index in [9.17, 15) is 9.59 Å². The quantitative estimate of drug-likeness (QED) is 0.0414. The van der Waals surface area contributed by atoms with E-state index in [1.54, 1.807) is 0 Å². The highest BCUT2D eigenvalue weighted by Crippen LogP contribution is 2.19. The number of ether oxygens (including phenoxy) is 1. The van der Waals surface area contributed by atoms with Gasteiger partial charge in [-0.25, -0.2) is 0 Å². The number of unbranched alkanes of at least 4 members (excludes halogenated alkanes) is 19. The van der Waals surface area contributed by atoms with Crippen molar-refractivity contribution in [3.8, 4) is 0 Å². The SMILES string of the molecule is CC/C=C\C/C=C\C/C=C\C/C=C\CCC(=O)OC(CCCCCCCCCCCCCCCCCC)CCCCCCCC(=O)O. The monoisotopic (exact) mass is 657 g/mol. The molecule has 0 bridgehead atoms. The van der Waals surface area contributed by atoms with Gasteiger partial charge in [0.2, 0.25) is 0 Å². The van der Waals surface area contributed by atoms with Crippen molar-refractivity contribution in [3.63, 3.8) is 0 Å². The number of hydrogen-bond donors (Lipinski definition) is 1. The smallest absolute Gasteiger partial charge is 0.306 e. The van der Waals surface area contributed by atoms with E-state index in [2.05, 4.69) is 62.5 Å². The van der Waals surface area contributed by atoms with Crippen LogP contribution in [0.1, 0.15) is 206 Å². The van der Waals surface area contributed by atoms with Crippen LogP contribution in [0.15, 0.2) is 48.6 Å². The van der Waals surface area contributed by atoms with Gasteiger partial charge in [0.1, 0.15) is 6.10 Å². The van der Waals surface area contributed by atoms with Crippen molar-refractivity contribution in [1.82, 2.24) is 0 Å². The summed E-state index contributed by atoms with van der Waals surface area (Å²) in [7, 11) is 0. The molecule has 0 heterocycles. The first-order valence-electron chi connectivity index (χ1n) is 20.1. The van der Waals surface area contributed by atoms with E-state index in [0.717, 1.165) is 83.5 Å². The summed E-state index contributed by atoms with van der Waals surface area (Å²) >= 11 is 0. The Morgan fingerprint density at radius 3 is 1.30 bits per heavy atom. The fourth-order valence-electron chi connectivity index (χ4n) is 5.90. The van der Waals surface area contributed by atoms with E-state index in [1.807, 2.05) is 0 Å². The van der Waals surface area contributed by atoms with Crippen LogP contribution in [0.5, 0.6) is 0 Å². The van der Waals surface area contributed by atoms with Gasteiger partial charge in [0.05, 0.1) is 0 Å². The highest BCUT2D eigenvalue weighted by molar-refractivity contribution is 5.69. The summed E-state index contributed by atoms with van der Waals surface area (Å²) in [6.07, 6.45) is 51.4. The van der Waals surface area contributed by atoms with Gasteiger partial charge in [0.15, 0.2) is 0 Å². The molecular weight excluding hydrogens is 580 g/mol. The van der Waals surface area contributed by atoms with Gasteiger partial charge in [-0.05, 0) is 64.2 Å². The number of carboxylic acid groups (broad SMARTS) is 1. The maximum Gasteiger partial charge on any atom is 0.306 e. The number of esters is 1. The fraction of sp³-hybridized carbons (Fsp3) is 0.767. The Morgan fingerprint density at radius 2 is 0.872 bits per heavy atom. The van der Waals surface area contributed by atoms with Crippen molar-refractivity contribution in [3.05, 3.63) is 48.6 Å². The molecule has 1 N–H and O–H groups in total. The van der Waals surface area contributed by atoms with Crippen molar-refractivity contribution >= 4 is 11.9 Å². The Bertz CT molecular complexity index is 794. The van der Waals surface area contributed by atoms with Crippen molar-refractivity contribution in [1.29, 1.82) is 0 Å². The van der Waals surface area contributed by atoms with Crippen molar-refractivity contribution in [2.75, 3.05) is 0 Å². The van der Waals surface area contributed by atoms with Crippen molar-refractivity contribution < 1.29 is 19.4 Å². The highest BCUT2D eigenvalue weighted by Gasteiger charge is 2.14. The Kier molecular flexibility index (Phi) is 36.6. The van der Waals surface area contributed by atoms with Crippen LogP contribution in [0, 0.1) is 0 Å². The number of aliphatic carboxylic acids is 1. The summed E-state index contributed by atoms with van der Waals surface area (Å²) in [5.74, 6) is -0.781. The van der Waals surface area contributed by atoms with Crippen LogP contribution in [0.25, 0.3) is 0 Å². The highest BCUT2D eigenvalue weighted by atomic mass is 16.5. The summed E-state index contributed by atoms with van der Waals surface area (Å²) < 4.78 is 5.96. The number of hydrogen-bond acceptors (Lipinski definition) is 3. The number of rotatable bonds is 36. The molecule has 0 saturated heterocycles. The van der Waals surface area contributed by atoms with Gasteiger partial charge in [0.25, 0.3) is 0 Å². The van der Waals surface area contributed by atoms with Gasteiger partial charge in [0, 0.05) is 12.8 Å². The minimum absolute atomic E-state index is 0.0191. The third-order valence-electron chi connectivity index (χ3n) is 8.83. The van der Waals surface area contributed by atoms with E-state index >= 15 is 0 Å². The molecule has 0 aromatic carbocycles. The number of carboxylic acids is 1. The van der Waals surface area contributed by atoms with E-state index in [0.29, 0.717) is 6.42 Å². The lowest BCUT2D eigenvalue weighted by molar-refractivity contribution is -0.149. The van der Waals surface area contributed by atoms with Gasteiger partial charge in [-0.3, -0.25) is 9.59 Å². The maximum atomic E-state index is 12.6. The zero-order valence-corrected chi connectivity index (χ0v) is 31.1. The largest absolute Gasteiger partial charge is 0.481 e. The lowest BCUT2D eigenvalue weighted by Crippen LogP contribution is -2.18. The predicted molar refractivity (Wildman–Crippen MR) is 204 cm³/mol. The molecule has 0 saturated carbocycles. The first-order chi connectivity index (χ1) is 23.1. The molecule has 0 aliphatic carbocycles. The van der Waals surface area contributed by atoms with Gasteiger partial charge in [-0.1, -0.05) is 178 Å². The third-order valence-corrected chi connectivity index (χ3v) is 8.83. The number of carbonyl (C=O) groups is 2. The minimum Gasteiger partial charge on any atom is -0.481 e. The molecule has 4 heteroatoms.